The second kappa shape index (κ2) is 8.17. The van der Waals surface area contributed by atoms with Crippen molar-refractivity contribution >= 4 is 5.91 Å². The molecule has 9 nitrogen and oxygen atoms in total. The van der Waals surface area contributed by atoms with Gasteiger partial charge in [-0.2, -0.15) is 5.10 Å². The Kier molecular flexibility index (Phi) is 5.62. The van der Waals surface area contributed by atoms with Gasteiger partial charge in [0.05, 0.1) is 36.6 Å². The highest BCUT2D eigenvalue weighted by Crippen LogP contribution is 2.39. The summed E-state index contributed by atoms with van der Waals surface area (Å²) >= 11 is 0. The Labute approximate surface area is 170 Å². The van der Waals surface area contributed by atoms with Crippen molar-refractivity contribution in [3.8, 4) is 0 Å². The van der Waals surface area contributed by atoms with Gasteiger partial charge in [0, 0.05) is 50.8 Å². The van der Waals surface area contributed by atoms with Gasteiger partial charge in [-0.1, -0.05) is 0 Å². The van der Waals surface area contributed by atoms with Gasteiger partial charge in [-0.15, -0.1) is 0 Å². The number of likely N-dealkylation sites (tertiary alicyclic amines) is 1. The molecule has 2 atom stereocenters. The largest absolute Gasteiger partial charge is 0.388 e. The van der Waals surface area contributed by atoms with Gasteiger partial charge in [0.25, 0.3) is 5.91 Å². The number of aromatic nitrogens is 4. The minimum atomic E-state index is -1.05. The molecule has 0 bridgehead atoms. The van der Waals surface area contributed by atoms with Gasteiger partial charge in [-0.3, -0.25) is 14.5 Å². The lowest BCUT2D eigenvalue weighted by molar-refractivity contribution is -0.186. The van der Waals surface area contributed by atoms with E-state index >= 15 is 0 Å². The van der Waals surface area contributed by atoms with E-state index < -0.39 is 11.6 Å². The standard InChI is InChI=1S/C20H28N6O3/c1-19(28)15-20(3-9-25(10-4-20)11-12-26-8-2-5-23-26)29-14-17(19)24-18(27)16-13-21-6-7-22-16/h2,5-8,13,17,28H,3-4,9-12,14-15H2,1H3,(H,24,27)/t17-,19-/m0/s1. The van der Waals surface area contributed by atoms with Crippen molar-refractivity contribution in [1.29, 1.82) is 0 Å². The van der Waals surface area contributed by atoms with Crippen LogP contribution in [0.25, 0.3) is 0 Å². The smallest absolute Gasteiger partial charge is 0.271 e. The fourth-order valence-electron chi connectivity index (χ4n) is 4.29. The molecule has 2 aromatic rings. The highest BCUT2D eigenvalue weighted by Gasteiger charge is 2.49. The number of hydrogen-bond donors (Lipinski definition) is 2. The molecule has 0 unspecified atom stereocenters. The number of rotatable bonds is 5. The highest BCUT2D eigenvalue weighted by molar-refractivity contribution is 5.92. The molecule has 1 spiro atoms. The molecule has 2 saturated heterocycles. The van der Waals surface area contributed by atoms with Crippen LogP contribution >= 0.6 is 0 Å². The van der Waals surface area contributed by atoms with Crippen molar-refractivity contribution < 1.29 is 14.6 Å². The predicted octanol–water partition coefficient (Wildman–Crippen LogP) is 0.478. The minimum Gasteiger partial charge on any atom is -0.388 e. The molecular weight excluding hydrogens is 372 g/mol. The lowest BCUT2D eigenvalue weighted by atomic mass is 9.75. The summed E-state index contributed by atoms with van der Waals surface area (Å²) < 4.78 is 8.18. The highest BCUT2D eigenvalue weighted by atomic mass is 16.5. The SMILES string of the molecule is C[C@]1(O)CC2(CCN(CCn3cccn3)CC2)OC[C@@H]1NC(=O)c1cnccn1. The molecule has 2 fully saturated rings. The van der Waals surface area contributed by atoms with Gasteiger partial charge in [0.1, 0.15) is 5.69 Å². The van der Waals surface area contributed by atoms with Crippen LogP contribution in [-0.4, -0.2) is 79.1 Å². The van der Waals surface area contributed by atoms with E-state index in [1.54, 1.807) is 13.1 Å². The van der Waals surface area contributed by atoms with Crippen molar-refractivity contribution in [2.24, 2.45) is 0 Å². The lowest BCUT2D eigenvalue weighted by Crippen LogP contribution is -2.64. The molecule has 156 valence electrons. The first kappa shape index (κ1) is 19.9. The van der Waals surface area contributed by atoms with E-state index in [9.17, 15) is 9.90 Å². The van der Waals surface area contributed by atoms with Crippen LogP contribution in [0.5, 0.6) is 0 Å². The lowest BCUT2D eigenvalue weighted by Gasteiger charge is -2.51. The average Bonchev–Trinajstić information content (AvgIpc) is 3.24. The Hall–Kier alpha value is -2.36. The zero-order valence-electron chi connectivity index (χ0n) is 16.7. The number of ether oxygens (including phenoxy) is 1. The Morgan fingerprint density at radius 3 is 2.79 bits per heavy atom. The molecule has 4 heterocycles. The van der Waals surface area contributed by atoms with E-state index in [0.29, 0.717) is 6.42 Å². The number of aliphatic hydroxyl groups is 1. The van der Waals surface area contributed by atoms with Gasteiger partial charge in [0.2, 0.25) is 0 Å². The molecule has 0 aliphatic carbocycles. The summed E-state index contributed by atoms with van der Waals surface area (Å²) in [6.07, 6.45) is 10.4. The molecular formula is C20H28N6O3. The van der Waals surface area contributed by atoms with Crippen LogP contribution in [0.2, 0.25) is 0 Å². The fraction of sp³-hybridized carbons (Fsp3) is 0.600. The number of nitrogens with one attached hydrogen (secondary N) is 1. The number of hydrogen-bond acceptors (Lipinski definition) is 7. The van der Waals surface area contributed by atoms with Crippen molar-refractivity contribution in [2.45, 2.75) is 50.0 Å². The number of nitrogens with zero attached hydrogens (tertiary/aromatic N) is 5. The zero-order valence-corrected chi connectivity index (χ0v) is 16.7. The van der Waals surface area contributed by atoms with Crippen molar-refractivity contribution in [3.05, 3.63) is 42.7 Å². The summed E-state index contributed by atoms with van der Waals surface area (Å²) in [4.78, 5) is 22.7. The third-order valence-electron chi connectivity index (χ3n) is 6.06. The third kappa shape index (κ3) is 4.63. The molecule has 0 radical (unpaired) electrons. The van der Waals surface area contributed by atoms with Crippen LogP contribution in [0.3, 0.4) is 0 Å². The maximum Gasteiger partial charge on any atom is 0.271 e. The number of piperidine rings is 1. The topological polar surface area (TPSA) is 105 Å². The Morgan fingerprint density at radius 1 is 1.31 bits per heavy atom. The van der Waals surface area contributed by atoms with Gasteiger partial charge in [-0.25, -0.2) is 4.98 Å². The van der Waals surface area contributed by atoms with Crippen molar-refractivity contribution in [1.82, 2.24) is 30.0 Å². The van der Waals surface area contributed by atoms with Crippen LogP contribution in [0, 0.1) is 0 Å². The van der Waals surface area contributed by atoms with E-state index in [-0.39, 0.29) is 23.8 Å². The van der Waals surface area contributed by atoms with E-state index in [0.717, 1.165) is 39.0 Å². The van der Waals surface area contributed by atoms with Crippen LogP contribution < -0.4 is 5.32 Å². The molecule has 0 saturated carbocycles. The monoisotopic (exact) mass is 400 g/mol. The van der Waals surface area contributed by atoms with Gasteiger partial charge < -0.3 is 20.1 Å². The van der Waals surface area contributed by atoms with Gasteiger partial charge in [0.15, 0.2) is 0 Å². The molecule has 0 aromatic carbocycles. The predicted molar refractivity (Wildman–Crippen MR) is 105 cm³/mol. The second-order valence-electron chi connectivity index (χ2n) is 8.26. The van der Waals surface area contributed by atoms with Gasteiger partial charge >= 0.3 is 0 Å². The molecule has 2 aromatic heterocycles. The molecule has 29 heavy (non-hydrogen) atoms. The molecule has 1 amide bonds. The molecule has 4 rings (SSSR count). The molecule has 2 aliphatic rings. The normalized spacial score (nSPS) is 27.0. The number of carbonyl (C=O) groups is 1. The molecule has 2 aliphatic heterocycles. The van der Waals surface area contributed by atoms with Crippen LogP contribution in [0.15, 0.2) is 37.1 Å². The van der Waals surface area contributed by atoms with E-state index in [4.69, 9.17) is 4.74 Å². The number of carbonyl (C=O) groups excluding carboxylic acids is 1. The van der Waals surface area contributed by atoms with E-state index in [1.165, 1.54) is 18.6 Å². The maximum absolute atomic E-state index is 12.4. The summed E-state index contributed by atoms with van der Waals surface area (Å²) in [6, 6.07) is 1.45. The first-order valence-corrected chi connectivity index (χ1v) is 10.1. The second-order valence-corrected chi connectivity index (χ2v) is 8.26. The quantitative estimate of drug-likeness (QED) is 0.752. The summed E-state index contributed by atoms with van der Waals surface area (Å²) in [5.41, 5.74) is -1.15. The summed E-state index contributed by atoms with van der Waals surface area (Å²) in [6.45, 7) is 5.73. The van der Waals surface area contributed by atoms with Crippen molar-refractivity contribution in [3.63, 3.8) is 0 Å². The minimum absolute atomic E-state index is 0.231. The first-order valence-electron chi connectivity index (χ1n) is 10.1. The third-order valence-corrected chi connectivity index (χ3v) is 6.06. The van der Waals surface area contributed by atoms with Crippen molar-refractivity contribution in [2.75, 3.05) is 26.2 Å². The first-order chi connectivity index (χ1) is 14.0. The maximum atomic E-state index is 12.4. The fourth-order valence-corrected chi connectivity index (χ4v) is 4.29. The molecule has 9 heteroatoms. The van der Waals surface area contributed by atoms with Crippen LogP contribution in [0.1, 0.15) is 36.7 Å². The summed E-state index contributed by atoms with van der Waals surface area (Å²) in [5.74, 6) is -0.351. The molecule has 2 N–H and O–H groups in total. The van der Waals surface area contributed by atoms with E-state index in [2.05, 4.69) is 25.3 Å². The summed E-state index contributed by atoms with van der Waals surface area (Å²) in [7, 11) is 0. The summed E-state index contributed by atoms with van der Waals surface area (Å²) in [5, 5.41) is 18.2. The van der Waals surface area contributed by atoms with E-state index in [1.807, 2.05) is 16.9 Å². The van der Waals surface area contributed by atoms with Crippen LogP contribution in [0.4, 0.5) is 0 Å². The average molecular weight is 400 g/mol. The Balaban J connectivity index is 1.30. The number of amides is 1. The van der Waals surface area contributed by atoms with Gasteiger partial charge in [-0.05, 0) is 25.8 Å². The Morgan fingerprint density at radius 2 is 2.14 bits per heavy atom. The zero-order chi connectivity index (χ0) is 20.3. The van der Waals surface area contributed by atoms with Crippen LogP contribution in [-0.2, 0) is 11.3 Å². The Bertz CT molecular complexity index is 803.